The molecule has 1 rings (SSSR count). The second-order valence-corrected chi connectivity index (χ2v) is 7.41. The average molecular weight is 424 g/mol. The van der Waals surface area contributed by atoms with Crippen molar-refractivity contribution in [3.05, 3.63) is 0 Å². The van der Waals surface area contributed by atoms with Gasteiger partial charge in [0, 0.05) is 37.6 Å². The van der Waals surface area contributed by atoms with Crippen LogP contribution in [0, 0.1) is 5.41 Å². The fraction of sp³-hybridized carbons (Fsp3) is 0.875. The highest BCUT2D eigenvalue weighted by Crippen LogP contribution is 2.46. The zero-order chi connectivity index (χ0) is 16.4. The first kappa shape index (κ1) is 21.5. The van der Waals surface area contributed by atoms with E-state index in [0.717, 1.165) is 18.9 Å². The number of halogens is 1. The molecule has 1 atom stereocenters. The molecule has 0 saturated carbocycles. The van der Waals surface area contributed by atoms with Gasteiger partial charge in [-0.15, -0.1) is 24.0 Å². The fourth-order valence-corrected chi connectivity index (χ4v) is 2.22. The number of likely N-dealkylation sites (tertiary alicyclic amines) is 1. The Morgan fingerprint density at radius 3 is 2.23 bits per heavy atom. The van der Waals surface area contributed by atoms with Crippen LogP contribution in [0.3, 0.4) is 0 Å². The summed E-state index contributed by atoms with van der Waals surface area (Å²) in [6, 6.07) is 0.345. The lowest BCUT2D eigenvalue weighted by atomic mass is 9.65. The molecule has 0 aromatic rings. The third-order valence-corrected chi connectivity index (χ3v) is 4.99. The van der Waals surface area contributed by atoms with Gasteiger partial charge >= 0.3 is 0 Å². The Morgan fingerprint density at radius 1 is 1.32 bits per heavy atom. The summed E-state index contributed by atoms with van der Waals surface area (Å²) in [5, 5.41) is 3.46. The van der Waals surface area contributed by atoms with Crippen LogP contribution in [0.1, 0.15) is 48.0 Å². The minimum absolute atomic E-state index is 0. The summed E-state index contributed by atoms with van der Waals surface area (Å²) in [5.74, 6) is 0.875. The summed E-state index contributed by atoms with van der Waals surface area (Å²) in [5.41, 5.74) is 0.282. The number of rotatable bonds is 4. The smallest absolute Gasteiger partial charge is 0.243 e. The summed E-state index contributed by atoms with van der Waals surface area (Å²) >= 11 is 0. The number of carbonyl (C=O) groups is 1. The van der Waals surface area contributed by atoms with E-state index in [0.29, 0.717) is 6.04 Å². The number of nitrogens with zero attached hydrogens (tertiary/aromatic N) is 3. The van der Waals surface area contributed by atoms with E-state index in [1.807, 2.05) is 0 Å². The third-order valence-electron chi connectivity index (χ3n) is 4.99. The van der Waals surface area contributed by atoms with Crippen molar-refractivity contribution in [1.82, 2.24) is 15.1 Å². The normalized spacial score (nSPS) is 20.5. The molecule has 5 nitrogen and oxygen atoms in total. The standard InChI is InChI=1S/C16H32N4O.HI/c1-9-12(2)18-14(17-10-13(21)19(7)8)20-11-15(3,4)16(20,5)6;/h12H,9-11H2,1-8H3,(H,17,18);1H. The molecule has 0 aliphatic carbocycles. The number of guanidine groups is 1. The van der Waals surface area contributed by atoms with Gasteiger partial charge in [-0.1, -0.05) is 20.8 Å². The molecule has 0 aromatic heterocycles. The fourth-order valence-electron chi connectivity index (χ4n) is 2.22. The Hall–Kier alpha value is -0.530. The van der Waals surface area contributed by atoms with Crippen LogP contribution in [0.5, 0.6) is 0 Å². The van der Waals surface area contributed by atoms with Gasteiger partial charge in [-0.3, -0.25) is 4.79 Å². The average Bonchev–Trinajstić information content (AvgIpc) is 2.40. The maximum Gasteiger partial charge on any atom is 0.243 e. The highest BCUT2D eigenvalue weighted by molar-refractivity contribution is 14.0. The number of carbonyl (C=O) groups excluding carboxylic acids is 1. The molecule has 0 spiro atoms. The van der Waals surface area contributed by atoms with Crippen LogP contribution in [-0.2, 0) is 4.79 Å². The van der Waals surface area contributed by atoms with Gasteiger partial charge in [-0.05, 0) is 27.2 Å². The van der Waals surface area contributed by atoms with Crippen molar-refractivity contribution >= 4 is 35.8 Å². The van der Waals surface area contributed by atoms with Gasteiger partial charge in [0.1, 0.15) is 6.54 Å². The minimum atomic E-state index is 0. The lowest BCUT2D eigenvalue weighted by Gasteiger charge is -2.62. The van der Waals surface area contributed by atoms with E-state index in [4.69, 9.17) is 0 Å². The Balaban J connectivity index is 0.00000441. The number of likely N-dealkylation sites (N-methyl/N-ethyl adjacent to an activating group) is 1. The molecule has 1 N–H and O–H groups in total. The third kappa shape index (κ3) is 4.49. The Kier molecular flexibility index (Phi) is 7.65. The summed E-state index contributed by atoms with van der Waals surface area (Å²) in [4.78, 5) is 20.2. The van der Waals surface area contributed by atoms with E-state index in [9.17, 15) is 4.79 Å². The number of aliphatic imine (C=N–C) groups is 1. The SMILES string of the molecule is CCC(C)NC(=NCC(=O)N(C)C)N1CC(C)(C)C1(C)C.I. The van der Waals surface area contributed by atoms with E-state index in [2.05, 4.69) is 56.8 Å². The largest absolute Gasteiger partial charge is 0.354 e. The molecule has 1 saturated heterocycles. The number of hydrogen-bond acceptors (Lipinski definition) is 2. The molecular weight excluding hydrogens is 391 g/mol. The van der Waals surface area contributed by atoms with Crippen LogP contribution >= 0.6 is 24.0 Å². The minimum Gasteiger partial charge on any atom is -0.354 e. The lowest BCUT2D eigenvalue weighted by Crippen LogP contribution is -2.73. The van der Waals surface area contributed by atoms with Crippen molar-refractivity contribution < 1.29 is 4.79 Å². The van der Waals surface area contributed by atoms with Crippen molar-refractivity contribution in [2.45, 2.75) is 59.5 Å². The highest BCUT2D eigenvalue weighted by Gasteiger charge is 2.53. The van der Waals surface area contributed by atoms with E-state index in [1.54, 1.807) is 19.0 Å². The Labute approximate surface area is 152 Å². The number of hydrogen-bond donors (Lipinski definition) is 1. The van der Waals surface area contributed by atoms with Crippen LogP contribution in [0.25, 0.3) is 0 Å². The zero-order valence-electron chi connectivity index (χ0n) is 15.4. The predicted molar refractivity (Wildman–Crippen MR) is 104 cm³/mol. The molecular formula is C16H33IN4O. The molecule has 22 heavy (non-hydrogen) atoms. The molecule has 1 unspecified atom stereocenters. The van der Waals surface area contributed by atoms with Crippen molar-refractivity contribution in [2.24, 2.45) is 10.4 Å². The van der Waals surface area contributed by atoms with E-state index in [-0.39, 0.29) is 47.4 Å². The zero-order valence-corrected chi connectivity index (χ0v) is 17.7. The Bertz CT molecular complexity index is 418. The monoisotopic (exact) mass is 424 g/mol. The van der Waals surface area contributed by atoms with Gasteiger partial charge in [-0.25, -0.2) is 4.99 Å². The van der Waals surface area contributed by atoms with Gasteiger partial charge in [0.2, 0.25) is 5.91 Å². The van der Waals surface area contributed by atoms with Crippen LogP contribution in [-0.4, -0.2) is 60.4 Å². The number of amides is 1. The summed E-state index contributed by atoms with van der Waals surface area (Å²) < 4.78 is 0. The van der Waals surface area contributed by atoms with Crippen molar-refractivity contribution in [3.63, 3.8) is 0 Å². The van der Waals surface area contributed by atoms with Crippen LogP contribution in [0.4, 0.5) is 0 Å². The van der Waals surface area contributed by atoms with Crippen molar-refractivity contribution in [3.8, 4) is 0 Å². The first-order chi connectivity index (χ1) is 9.52. The molecule has 1 heterocycles. The van der Waals surface area contributed by atoms with Gasteiger partial charge in [0.15, 0.2) is 5.96 Å². The van der Waals surface area contributed by atoms with Gasteiger partial charge < -0.3 is 15.1 Å². The van der Waals surface area contributed by atoms with Crippen LogP contribution < -0.4 is 5.32 Å². The summed E-state index contributed by atoms with van der Waals surface area (Å²) in [6.45, 7) is 14.4. The van der Waals surface area contributed by atoms with Gasteiger partial charge in [-0.2, -0.15) is 0 Å². The maximum absolute atomic E-state index is 11.8. The van der Waals surface area contributed by atoms with Gasteiger partial charge in [0.25, 0.3) is 0 Å². The first-order valence-corrected chi connectivity index (χ1v) is 7.81. The molecule has 130 valence electrons. The van der Waals surface area contributed by atoms with Crippen molar-refractivity contribution in [1.29, 1.82) is 0 Å². The summed E-state index contributed by atoms with van der Waals surface area (Å²) in [6.07, 6.45) is 1.03. The quantitative estimate of drug-likeness (QED) is 0.429. The highest BCUT2D eigenvalue weighted by atomic mass is 127. The second kappa shape index (κ2) is 7.84. The molecule has 0 radical (unpaired) electrons. The van der Waals surface area contributed by atoms with Crippen LogP contribution in [0.2, 0.25) is 0 Å². The molecule has 6 heteroatoms. The molecule has 1 fully saturated rings. The molecule has 0 bridgehead atoms. The second-order valence-electron chi connectivity index (χ2n) is 7.41. The Morgan fingerprint density at radius 2 is 1.86 bits per heavy atom. The van der Waals surface area contributed by atoms with E-state index in [1.165, 1.54) is 0 Å². The maximum atomic E-state index is 11.8. The molecule has 0 aromatic carbocycles. The molecule has 1 aliphatic rings. The molecule has 1 amide bonds. The lowest BCUT2D eigenvalue weighted by molar-refractivity contribution is -0.127. The van der Waals surface area contributed by atoms with Crippen molar-refractivity contribution in [2.75, 3.05) is 27.2 Å². The number of nitrogens with one attached hydrogen (secondary N) is 1. The first-order valence-electron chi connectivity index (χ1n) is 7.81. The topological polar surface area (TPSA) is 47.9 Å². The van der Waals surface area contributed by atoms with E-state index < -0.39 is 0 Å². The van der Waals surface area contributed by atoms with E-state index >= 15 is 0 Å². The van der Waals surface area contributed by atoms with Crippen LogP contribution in [0.15, 0.2) is 4.99 Å². The predicted octanol–water partition coefficient (Wildman–Crippen LogP) is 2.56. The summed E-state index contributed by atoms with van der Waals surface area (Å²) in [7, 11) is 3.52. The molecule has 1 aliphatic heterocycles. The van der Waals surface area contributed by atoms with Gasteiger partial charge in [0.05, 0.1) is 0 Å².